The average Bonchev–Trinajstić information content (AvgIpc) is 2.46. The minimum Gasteiger partial charge on any atom is -0.381 e. The summed E-state index contributed by atoms with van der Waals surface area (Å²) >= 11 is 0. The molecular formula is C12H12FN5O2. The molecule has 1 aromatic heterocycles. The molecule has 20 heavy (non-hydrogen) atoms. The number of hydrogen-bond donors (Lipinski definition) is 2. The first-order valence-corrected chi connectivity index (χ1v) is 5.85. The fourth-order valence-electron chi connectivity index (χ4n) is 1.52. The van der Waals surface area contributed by atoms with Crippen molar-refractivity contribution in [2.45, 2.75) is 0 Å². The van der Waals surface area contributed by atoms with Crippen molar-refractivity contribution in [2.75, 3.05) is 23.7 Å². The summed E-state index contributed by atoms with van der Waals surface area (Å²) in [5, 5.41) is 16.3. The minimum atomic E-state index is -0.657. The lowest BCUT2D eigenvalue weighted by Gasteiger charge is -2.08. The number of nitro groups is 1. The van der Waals surface area contributed by atoms with Crippen molar-refractivity contribution in [3.05, 3.63) is 52.6 Å². The highest BCUT2D eigenvalue weighted by Crippen LogP contribution is 2.20. The summed E-state index contributed by atoms with van der Waals surface area (Å²) in [5.74, 6) is -0.173. The largest absolute Gasteiger partial charge is 0.381 e. The molecule has 0 saturated carbocycles. The van der Waals surface area contributed by atoms with Gasteiger partial charge in [0.05, 0.1) is 16.7 Å². The Labute approximate surface area is 114 Å². The van der Waals surface area contributed by atoms with Crippen LogP contribution in [0.3, 0.4) is 0 Å². The smallest absolute Gasteiger partial charge is 0.272 e. The van der Waals surface area contributed by atoms with Crippen molar-refractivity contribution in [3.8, 4) is 0 Å². The number of aromatic nitrogens is 2. The van der Waals surface area contributed by atoms with Gasteiger partial charge in [0.2, 0.25) is 5.95 Å². The fourth-order valence-corrected chi connectivity index (χ4v) is 1.52. The third-order valence-corrected chi connectivity index (χ3v) is 2.45. The third kappa shape index (κ3) is 3.61. The SMILES string of the molecule is O=[N+]([O-])c1ccc(NCCNc2ncccn2)c(F)c1. The average molecular weight is 277 g/mol. The van der Waals surface area contributed by atoms with E-state index in [-0.39, 0.29) is 11.4 Å². The van der Waals surface area contributed by atoms with Gasteiger partial charge >= 0.3 is 0 Å². The first kappa shape index (κ1) is 13.7. The molecule has 0 aliphatic rings. The molecule has 8 heteroatoms. The van der Waals surface area contributed by atoms with E-state index in [1.54, 1.807) is 18.5 Å². The van der Waals surface area contributed by atoms with Crippen LogP contribution in [0, 0.1) is 15.9 Å². The highest BCUT2D eigenvalue weighted by Gasteiger charge is 2.09. The molecule has 0 atom stereocenters. The third-order valence-electron chi connectivity index (χ3n) is 2.45. The summed E-state index contributed by atoms with van der Waals surface area (Å²) in [4.78, 5) is 17.8. The summed E-state index contributed by atoms with van der Waals surface area (Å²) in [6.07, 6.45) is 3.22. The van der Waals surface area contributed by atoms with Crippen LogP contribution in [-0.4, -0.2) is 28.0 Å². The van der Waals surface area contributed by atoms with Crippen LogP contribution in [0.1, 0.15) is 0 Å². The lowest BCUT2D eigenvalue weighted by atomic mass is 10.2. The summed E-state index contributed by atoms with van der Waals surface area (Å²) in [5.41, 5.74) is -0.0600. The Morgan fingerprint density at radius 3 is 2.55 bits per heavy atom. The monoisotopic (exact) mass is 277 g/mol. The van der Waals surface area contributed by atoms with Gasteiger partial charge in [-0.15, -0.1) is 0 Å². The van der Waals surface area contributed by atoms with E-state index in [0.717, 1.165) is 6.07 Å². The number of nitrogens with zero attached hydrogens (tertiary/aromatic N) is 3. The molecule has 0 saturated heterocycles. The lowest BCUT2D eigenvalue weighted by molar-refractivity contribution is -0.385. The summed E-state index contributed by atoms with van der Waals surface area (Å²) in [7, 11) is 0. The van der Waals surface area contributed by atoms with Crippen molar-refractivity contribution in [1.29, 1.82) is 0 Å². The van der Waals surface area contributed by atoms with Crippen LogP contribution in [0.5, 0.6) is 0 Å². The highest BCUT2D eigenvalue weighted by molar-refractivity contribution is 5.50. The molecule has 0 amide bonds. The number of halogens is 1. The lowest BCUT2D eigenvalue weighted by Crippen LogP contribution is -2.15. The van der Waals surface area contributed by atoms with Gasteiger partial charge in [-0.1, -0.05) is 0 Å². The summed E-state index contributed by atoms with van der Waals surface area (Å²) in [6, 6.07) is 5.18. The summed E-state index contributed by atoms with van der Waals surface area (Å²) < 4.78 is 13.5. The zero-order valence-electron chi connectivity index (χ0n) is 10.4. The molecule has 1 aromatic carbocycles. The normalized spacial score (nSPS) is 10.1. The van der Waals surface area contributed by atoms with Gasteiger partial charge in [-0.05, 0) is 12.1 Å². The van der Waals surface area contributed by atoms with Crippen molar-refractivity contribution < 1.29 is 9.31 Å². The van der Waals surface area contributed by atoms with Crippen molar-refractivity contribution >= 4 is 17.3 Å². The van der Waals surface area contributed by atoms with Crippen molar-refractivity contribution in [2.24, 2.45) is 0 Å². The minimum absolute atomic E-state index is 0.214. The Bertz CT molecular complexity index is 594. The molecular weight excluding hydrogens is 265 g/mol. The van der Waals surface area contributed by atoms with Gasteiger partial charge in [0.1, 0.15) is 0 Å². The molecule has 0 unspecified atom stereocenters. The topological polar surface area (TPSA) is 93.0 Å². The Morgan fingerprint density at radius 2 is 1.90 bits per heavy atom. The second-order valence-corrected chi connectivity index (χ2v) is 3.85. The molecule has 0 fully saturated rings. The maximum atomic E-state index is 13.5. The van der Waals surface area contributed by atoms with E-state index in [1.165, 1.54) is 12.1 Å². The highest BCUT2D eigenvalue weighted by atomic mass is 19.1. The first-order chi connectivity index (χ1) is 9.66. The molecule has 0 bridgehead atoms. The van der Waals surface area contributed by atoms with Gasteiger partial charge in [0, 0.05) is 31.5 Å². The van der Waals surface area contributed by atoms with E-state index in [1.807, 2.05) is 0 Å². The summed E-state index contributed by atoms with van der Waals surface area (Å²) in [6.45, 7) is 0.910. The van der Waals surface area contributed by atoms with Crippen LogP contribution < -0.4 is 10.6 Å². The Balaban J connectivity index is 1.84. The predicted molar refractivity (Wildman–Crippen MR) is 72.1 cm³/mol. The van der Waals surface area contributed by atoms with Gasteiger partial charge < -0.3 is 10.6 Å². The molecule has 0 aliphatic heterocycles. The van der Waals surface area contributed by atoms with Crippen molar-refractivity contribution in [1.82, 2.24) is 9.97 Å². The van der Waals surface area contributed by atoms with E-state index in [0.29, 0.717) is 19.0 Å². The molecule has 2 N–H and O–H groups in total. The van der Waals surface area contributed by atoms with E-state index in [4.69, 9.17) is 0 Å². The van der Waals surface area contributed by atoms with Gasteiger partial charge in [-0.3, -0.25) is 10.1 Å². The molecule has 104 valence electrons. The predicted octanol–water partition coefficient (Wildman–Crippen LogP) is 2.05. The number of anilines is 2. The molecule has 2 aromatic rings. The van der Waals surface area contributed by atoms with Gasteiger partial charge in [-0.25, -0.2) is 14.4 Å². The molecule has 7 nitrogen and oxygen atoms in total. The van der Waals surface area contributed by atoms with Crippen LogP contribution in [0.2, 0.25) is 0 Å². The van der Waals surface area contributed by atoms with Gasteiger partial charge in [0.25, 0.3) is 5.69 Å². The Kier molecular flexibility index (Phi) is 4.38. The molecule has 2 rings (SSSR count). The molecule has 1 heterocycles. The Morgan fingerprint density at radius 1 is 1.20 bits per heavy atom. The van der Waals surface area contributed by atoms with Crippen LogP contribution in [0.4, 0.5) is 21.7 Å². The molecule has 0 aliphatic carbocycles. The second-order valence-electron chi connectivity index (χ2n) is 3.85. The van der Waals surface area contributed by atoms with Crippen LogP contribution >= 0.6 is 0 Å². The first-order valence-electron chi connectivity index (χ1n) is 5.85. The standard InChI is InChI=1S/C12H12FN5O2/c13-10-8-9(18(19)20)2-3-11(10)14-6-7-17-12-15-4-1-5-16-12/h1-5,8,14H,6-7H2,(H,15,16,17). The number of nitro benzene ring substituents is 1. The maximum absolute atomic E-state index is 13.5. The van der Waals surface area contributed by atoms with E-state index < -0.39 is 10.7 Å². The maximum Gasteiger partial charge on any atom is 0.272 e. The number of non-ortho nitro benzene ring substituents is 1. The molecule has 0 spiro atoms. The number of hydrogen-bond acceptors (Lipinski definition) is 6. The second kappa shape index (κ2) is 6.41. The number of nitrogens with one attached hydrogen (secondary N) is 2. The van der Waals surface area contributed by atoms with Gasteiger partial charge in [-0.2, -0.15) is 0 Å². The fraction of sp³-hybridized carbons (Fsp3) is 0.167. The van der Waals surface area contributed by atoms with E-state index in [2.05, 4.69) is 20.6 Å². The van der Waals surface area contributed by atoms with E-state index in [9.17, 15) is 14.5 Å². The van der Waals surface area contributed by atoms with Crippen LogP contribution in [0.25, 0.3) is 0 Å². The van der Waals surface area contributed by atoms with Gasteiger partial charge in [0.15, 0.2) is 5.82 Å². The van der Waals surface area contributed by atoms with Crippen LogP contribution in [0.15, 0.2) is 36.7 Å². The Hall–Kier alpha value is -2.77. The number of rotatable bonds is 6. The molecule has 0 radical (unpaired) electrons. The number of benzene rings is 1. The van der Waals surface area contributed by atoms with E-state index >= 15 is 0 Å². The quantitative estimate of drug-likeness (QED) is 0.477. The van der Waals surface area contributed by atoms with Crippen molar-refractivity contribution in [3.63, 3.8) is 0 Å². The zero-order valence-corrected chi connectivity index (χ0v) is 10.4. The van der Waals surface area contributed by atoms with Crippen LogP contribution in [-0.2, 0) is 0 Å². The zero-order chi connectivity index (χ0) is 14.4.